The van der Waals surface area contributed by atoms with Gasteiger partial charge in [0.2, 0.25) is 0 Å². The van der Waals surface area contributed by atoms with Crippen molar-refractivity contribution >= 4 is 0 Å². The molecule has 2 heteroatoms. The topological polar surface area (TPSA) is 46.2 Å². The third kappa shape index (κ3) is 3.33. The molecule has 84 valence electrons. The molecular weight excluding hydrogens is 186 g/mol. The molecule has 0 heterocycles. The van der Waals surface area contributed by atoms with Gasteiger partial charge in [-0.2, -0.15) is 0 Å². The fourth-order valence-corrected chi connectivity index (χ4v) is 1.58. The molecule has 0 amide bonds. The van der Waals surface area contributed by atoms with Crippen LogP contribution >= 0.6 is 0 Å². The van der Waals surface area contributed by atoms with Crippen LogP contribution in [0.15, 0.2) is 24.3 Å². The van der Waals surface area contributed by atoms with Gasteiger partial charge in [0.05, 0.1) is 12.1 Å². The van der Waals surface area contributed by atoms with Gasteiger partial charge in [0.25, 0.3) is 0 Å². The monoisotopic (exact) mass is 207 g/mol. The largest absolute Gasteiger partial charge is 0.394 e. The number of rotatable bonds is 4. The summed E-state index contributed by atoms with van der Waals surface area (Å²) in [5, 5.41) is 9.14. The first-order valence-electron chi connectivity index (χ1n) is 5.45. The second kappa shape index (κ2) is 4.77. The van der Waals surface area contributed by atoms with Crippen molar-refractivity contribution < 1.29 is 5.11 Å². The Morgan fingerprint density at radius 1 is 1.27 bits per heavy atom. The van der Waals surface area contributed by atoms with E-state index in [0.29, 0.717) is 5.92 Å². The molecule has 0 spiro atoms. The van der Waals surface area contributed by atoms with Crippen molar-refractivity contribution in [3.05, 3.63) is 35.4 Å². The van der Waals surface area contributed by atoms with Crippen LogP contribution in [0.3, 0.4) is 0 Å². The van der Waals surface area contributed by atoms with Crippen molar-refractivity contribution in [2.45, 2.75) is 32.7 Å². The Labute approximate surface area is 92.1 Å². The van der Waals surface area contributed by atoms with Gasteiger partial charge in [-0.05, 0) is 30.4 Å². The number of benzene rings is 1. The summed E-state index contributed by atoms with van der Waals surface area (Å²) in [5.74, 6) is 0.665. The summed E-state index contributed by atoms with van der Waals surface area (Å²) in [6, 6.07) is 8.20. The number of hydrogen-bond donors (Lipinski definition) is 2. The molecule has 2 nitrogen and oxygen atoms in total. The Kier molecular flexibility index (Phi) is 3.89. The summed E-state index contributed by atoms with van der Waals surface area (Å²) < 4.78 is 0. The molecule has 0 aliphatic carbocycles. The Hall–Kier alpha value is -0.860. The third-order valence-electron chi connectivity index (χ3n) is 2.59. The highest BCUT2D eigenvalue weighted by Gasteiger charge is 2.19. The molecule has 0 radical (unpaired) electrons. The van der Waals surface area contributed by atoms with Crippen molar-refractivity contribution in [3.8, 4) is 0 Å². The number of nitrogens with two attached hydrogens (primary N) is 1. The summed E-state index contributed by atoms with van der Waals surface area (Å²) in [7, 11) is 0. The maximum absolute atomic E-state index is 9.14. The predicted molar refractivity (Wildman–Crippen MR) is 63.6 cm³/mol. The second-order valence-electron chi connectivity index (χ2n) is 4.87. The molecule has 1 unspecified atom stereocenters. The van der Waals surface area contributed by atoms with Crippen LogP contribution in [0.4, 0.5) is 0 Å². The normalized spacial score (nSPS) is 15.3. The molecule has 15 heavy (non-hydrogen) atoms. The molecule has 1 aromatic rings. The predicted octanol–water partition coefficient (Wildman–Crippen LogP) is 2.05. The Balaban J connectivity index is 2.81. The lowest BCUT2D eigenvalue weighted by Crippen LogP contribution is -2.36. The van der Waals surface area contributed by atoms with Crippen LogP contribution in [0, 0.1) is 5.92 Å². The van der Waals surface area contributed by atoms with E-state index in [4.69, 9.17) is 10.8 Å². The molecule has 1 atom stereocenters. The van der Waals surface area contributed by atoms with Gasteiger partial charge < -0.3 is 10.8 Å². The van der Waals surface area contributed by atoms with Crippen molar-refractivity contribution in [2.24, 2.45) is 11.7 Å². The molecule has 0 saturated carbocycles. The molecule has 3 N–H and O–H groups in total. The van der Waals surface area contributed by atoms with Crippen molar-refractivity contribution in [2.75, 3.05) is 6.61 Å². The van der Waals surface area contributed by atoms with E-state index >= 15 is 0 Å². The maximum atomic E-state index is 9.14. The average molecular weight is 207 g/mol. The quantitative estimate of drug-likeness (QED) is 0.793. The van der Waals surface area contributed by atoms with E-state index < -0.39 is 5.54 Å². The molecule has 1 rings (SSSR count). The van der Waals surface area contributed by atoms with Gasteiger partial charge in [-0.3, -0.25) is 0 Å². The lowest BCUT2D eigenvalue weighted by molar-refractivity contribution is 0.210. The van der Waals surface area contributed by atoms with Gasteiger partial charge in [0.15, 0.2) is 0 Å². The van der Waals surface area contributed by atoms with E-state index in [1.807, 2.05) is 19.1 Å². The van der Waals surface area contributed by atoms with Crippen molar-refractivity contribution in [3.63, 3.8) is 0 Å². The minimum absolute atomic E-state index is 0.0312. The van der Waals surface area contributed by atoms with E-state index in [9.17, 15) is 0 Å². The summed E-state index contributed by atoms with van der Waals surface area (Å²) in [4.78, 5) is 0. The summed E-state index contributed by atoms with van der Waals surface area (Å²) in [5.41, 5.74) is 7.62. The highest BCUT2D eigenvalue weighted by Crippen LogP contribution is 2.18. The van der Waals surface area contributed by atoms with Gasteiger partial charge >= 0.3 is 0 Å². The first-order chi connectivity index (χ1) is 6.95. The molecule has 0 bridgehead atoms. The number of hydrogen-bond acceptors (Lipinski definition) is 2. The zero-order valence-electron chi connectivity index (χ0n) is 9.83. The minimum atomic E-state index is -0.629. The molecule has 0 fully saturated rings. The van der Waals surface area contributed by atoms with Crippen LogP contribution in [0.5, 0.6) is 0 Å². The highest BCUT2D eigenvalue weighted by atomic mass is 16.3. The SMILES string of the molecule is CC(C)Cc1ccc(C(C)(N)CO)cc1. The van der Waals surface area contributed by atoms with Gasteiger partial charge in [0, 0.05) is 0 Å². The third-order valence-corrected chi connectivity index (χ3v) is 2.59. The Bertz CT molecular complexity index is 301. The second-order valence-corrected chi connectivity index (χ2v) is 4.87. The zero-order valence-corrected chi connectivity index (χ0v) is 9.83. The van der Waals surface area contributed by atoms with Crippen LogP contribution in [0.25, 0.3) is 0 Å². The fourth-order valence-electron chi connectivity index (χ4n) is 1.58. The standard InChI is InChI=1S/C13H21NO/c1-10(2)8-11-4-6-12(7-5-11)13(3,14)9-15/h4-7,10,15H,8-9,14H2,1-3H3. The van der Waals surface area contributed by atoms with E-state index in [1.54, 1.807) is 0 Å². The summed E-state index contributed by atoms with van der Waals surface area (Å²) in [6.07, 6.45) is 1.08. The molecular formula is C13H21NO. The average Bonchev–Trinajstić information content (AvgIpc) is 2.18. The Morgan fingerprint density at radius 2 is 1.80 bits per heavy atom. The van der Waals surface area contributed by atoms with Crippen molar-refractivity contribution in [1.29, 1.82) is 0 Å². The fraction of sp³-hybridized carbons (Fsp3) is 0.538. The first-order valence-corrected chi connectivity index (χ1v) is 5.45. The number of aliphatic hydroxyl groups is 1. The zero-order chi connectivity index (χ0) is 11.5. The smallest absolute Gasteiger partial charge is 0.0650 e. The van der Waals surface area contributed by atoms with Crippen LogP contribution < -0.4 is 5.73 Å². The molecule has 0 aromatic heterocycles. The van der Waals surface area contributed by atoms with E-state index in [2.05, 4.69) is 26.0 Å². The van der Waals surface area contributed by atoms with Gasteiger partial charge in [-0.25, -0.2) is 0 Å². The minimum Gasteiger partial charge on any atom is -0.394 e. The Morgan fingerprint density at radius 3 is 2.20 bits per heavy atom. The summed E-state index contributed by atoms with van der Waals surface area (Å²) in [6.45, 7) is 6.21. The maximum Gasteiger partial charge on any atom is 0.0650 e. The molecule has 0 saturated heterocycles. The van der Waals surface area contributed by atoms with Crippen molar-refractivity contribution in [1.82, 2.24) is 0 Å². The van der Waals surface area contributed by atoms with Crippen LogP contribution in [-0.4, -0.2) is 11.7 Å². The van der Waals surface area contributed by atoms with Gasteiger partial charge in [-0.1, -0.05) is 38.1 Å². The van der Waals surface area contributed by atoms with E-state index in [1.165, 1.54) is 5.56 Å². The van der Waals surface area contributed by atoms with Gasteiger partial charge in [-0.15, -0.1) is 0 Å². The lowest BCUT2D eigenvalue weighted by atomic mass is 9.92. The number of aliphatic hydroxyl groups excluding tert-OH is 1. The van der Waals surface area contributed by atoms with E-state index in [0.717, 1.165) is 12.0 Å². The van der Waals surface area contributed by atoms with E-state index in [-0.39, 0.29) is 6.61 Å². The van der Waals surface area contributed by atoms with Gasteiger partial charge in [0.1, 0.15) is 0 Å². The highest BCUT2D eigenvalue weighted by molar-refractivity contribution is 5.28. The molecule has 0 aliphatic heterocycles. The van der Waals surface area contributed by atoms with Crippen LogP contribution in [0.1, 0.15) is 31.9 Å². The van der Waals surface area contributed by atoms with Crippen LogP contribution in [-0.2, 0) is 12.0 Å². The van der Waals surface area contributed by atoms with Crippen LogP contribution in [0.2, 0.25) is 0 Å². The first kappa shape index (κ1) is 12.2. The molecule has 1 aromatic carbocycles. The lowest BCUT2D eigenvalue weighted by Gasteiger charge is -2.22. The molecule has 0 aliphatic rings. The summed E-state index contributed by atoms with van der Waals surface area (Å²) >= 11 is 0.